The first-order valence-electron chi connectivity index (χ1n) is 11.7. The molecule has 0 bridgehead atoms. The van der Waals surface area contributed by atoms with Gasteiger partial charge in [-0.15, -0.1) is 0 Å². The molecule has 190 valence electrons. The number of methoxy groups -OCH3 is 5. The van der Waals surface area contributed by atoms with E-state index in [4.69, 9.17) is 28.4 Å². The van der Waals surface area contributed by atoms with Crippen LogP contribution in [0.1, 0.15) is 27.2 Å². The van der Waals surface area contributed by atoms with E-state index in [0.29, 0.717) is 40.9 Å². The molecular formula is C29H32O7. The quantitative estimate of drug-likeness (QED) is 0.157. The van der Waals surface area contributed by atoms with Gasteiger partial charge in [-0.3, -0.25) is 4.79 Å². The number of benzene rings is 4. The van der Waals surface area contributed by atoms with Crippen LogP contribution in [0.3, 0.4) is 0 Å². The normalized spacial score (nSPS) is 11.6. The molecule has 36 heavy (non-hydrogen) atoms. The van der Waals surface area contributed by atoms with Crippen molar-refractivity contribution in [3.63, 3.8) is 0 Å². The second-order valence-electron chi connectivity index (χ2n) is 9.18. The topological polar surface area (TPSA) is 72.5 Å². The third kappa shape index (κ3) is 4.08. The summed E-state index contributed by atoms with van der Waals surface area (Å²) in [5.41, 5.74) is -0.633. The fourth-order valence-corrected chi connectivity index (χ4v) is 4.28. The standard InChI is InChI=1S/C29H32O7/c1-9-29(2,3)28(30)36-27-15-21-19-13-25(34-7)23(32-5)11-17(19)16-10-22(31-4)24(33-6)12-18(16)20(21)14-26(27)35-8/h10-15H,9H2,1-8H3. The molecule has 0 amide bonds. The van der Waals surface area contributed by atoms with E-state index < -0.39 is 5.41 Å². The number of esters is 1. The van der Waals surface area contributed by atoms with E-state index in [2.05, 4.69) is 0 Å². The summed E-state index contributed by atoms with van der Waals surface area (Å²) in [6.45, 7) is 5.69. The maximum atomic E-state index is 12.9. The summed E-state index contributed by atoms with van der Waals surface area (Å²) in [5, 5.41) is 5.45. The minimum Gasteiger partial charge on any atom is -0.493 e. The highest BCUT2D eigenvalue weighted by atomic mass is 16.6. The summed E-state index contributed by atoms with van der Waals surface area (Å²) < 4.78 is 33.9. The van der Waals surface area contributed by atoms with Crippen molar-refractivity contribution in [3.8, 4) is 34.5 Å². The number of hydrogen-bond acceptors (Lipinski definition) is 7. The number of carbonyl (C=O) groups is 1. The van der Waals surface area contributed by atoms with Crippen molar-refractivity contribution in [3.05, 3.63) is 36.4 Å². The second-order valence-corrected chi connectivity index (χ2v) is 9.18. The lowest BCUT2D eigenvalue weighted by Crippen LogP contribution is -2.28. The van der Waals surface area contributed by atoms with E-state index in [1.54, 1.807) is 35.5 Å². The maximum absolute atomic E-state index is 12.9. The van der Waals surface area contributed by atoms with E-state index in [9.17, 15) is 4.79 Å². The first kappa shape index (κ1) is 25.2. The highest BCUT2D eigenvalue weighted by Gasteiger charge is 2.29. The highest BCUT2D eigenvalue weighted by molar-refractivity contribution is 6.27. The fourth-order valence-electron chi connectivity index (χ4n) is 4.28. The van der Waals surface area contributed by atoms with Crippen LogP contribution in [0.5, 0.6) is 34.5 Å². The van der Waals surface area contributed by atoms with Crippen LogP contribution in [0.2, 0.25) is 0 Å². The lowest BCUT2D eigenvalue weighted by atomic mass is 9.90. The molecule has 0 heterocycles. The van der Waals surface area contributed by atoms with E-state index >= 15 is 0 Å². The minimum atomic E-state index is -0.633. The van der Waals surface area contributed by atoms with Crippen molar-refractivity contribution in [2.45, 2.75) is 27.2 Å². The molecule has 4 aromatic carbocycles. The molecule has 4 rings (SSSR count). The van der Waals surface area contributed by atoms with E-state index in [1.165, 1.54) is 0 Å². The molecule has 0 unspecified atom stereocenters. The molecule has 0 aromatic heterocycles. The summed E-state index contributed by atoms with van der Waals surface area (Å²) in [6, 6.07) is 11.5. The number of rotatable bonds is 8. The van der Waals surface area contributed by atoms with Crippen molar-refractivity contribution >= 4 is 38.3 Å². The van der Waals surface area contributed by atoms with Gasteiger partial charge in [0.15, 0.2) is 34.5 Å². The van der Waals surface area contributed by atoms with Crippen molar-refractivity contribution in [2.75, 3.05) is 35.5 Å². The zero-order chi connectivity index (χ0) is 26.2. The van der Waals surface area contributed by atoms with Crippen LogP contribution in [-0.4, -0.2) is 41.5 Å². The summed E-state index contributed by atoms with van der Waals surface area (Å²) in [7, 11) is 7.98. The number of carbonyl (C=O) groups excluding carboxylic acids is 1. The molecule has 0 radical (unpaired) electrons. The van der Waals surface area contributed by atoms with E-state index in [1.807, 2.05) is 57.2 Å². The minimum absolute atomic E-state index is 0.321. The molecule has 0 saturated carbocycles. The Kier molecular flexibility index (Phi) is 6.76. The first-order chi connectivity index (χ1) is 17.2. The van der Waals surface area contributed by atoms with Crippen LogP contribution in [0.15, 0.2) is 36.4 Å². The molecule has 4 aromatic rings. The predicted molar refractivity (Wildman–Crippen MR) is 141 cm³/mol. The van der Waals surface area contributed by atoms with Gasteiger partial charge in [-0.05, 0) is 89.0 Å². The van der Waals surface area contributed by atoms with E-state index in [-0.39, 0.29) is 5.97 Å². The second kappa shape index (κ2) is 9.64. The largest absolute Gasteiger partial charge is 0.493 e. The van der Waals surface area contributed by atoms with Crippen LogP contribution in [-0.2, 0) is 4.79 Å². The molecule has 0 saturated heterocycles. The number of fused-ring (bicyclic) bond motifs is 6. The van der Waals surface area contributed by atoms with Crippen LogP contribution in [0, 0.1) is 5.41 Å². The zero-order valence-electron chi connectivity index (χ0n) is 22.0. The summed E-state index contributed by atoms with van der Waals surface area (Å²) in [5.74, 6) is 2.90. The zero-order valence-corrected chi connectivity index (χ0v) is 22.0. The Bertz CT molecular complexity index is 1430. The molecular weight excluding hydrogens is 460 g/mol. The lowest BCUT2D eigenvalue weighted by molar-refractivity contribution is -0.144. The van der Waals surface area contributed by atoms with Gasteiger partial charge in [0.1, 0.15) is 0 Å². The average Bonchev–Trinajstić information content (AvgIpc) is 2.90. The van der Waals surface area contributed by atoms with Crippen LogP contribution in [0.25, 0.3) is 32.3 Å². The molecule has 0 aliphatic rings. The van der Waals surface area contributed by atoms with Crippen molar-refractivity contribution in [1.82, 2.24) is 0 Å². The SMILES string of the molecule is CCC(C)(C)C(=O)Oc1cc2c3cc(OC)c(OC)cc3c3cc(OC)c(OC)cc3c2cc1OC. The number of hydrogen-bond donors (Lipinski definition) is 0. The number of ether oxygens (including phenoxy) is 6. The van der Waals surface area contributed by atoms with Gasteiger partial charge >= 0.3 is 5.97 Å². The molecule has 0 aliphatic heterocycles. The molecule has 7 nitrogen and oxygen atoms in total. The summed E-state index contributed by atoms with van der Waals surface area (Å²) >= 11 is 0. The predicted octanol–water partition coefficient (Wildman–Crippen LogP) is 6.53. The Labute approximate surface area is 210 Å². The van der Waals surface area contributed by atoms with Gasteiger partial charge < -0.3 is 28.4 Å². The third-order valence-corrected chi connectivity index (χ3v) is 6.86. The summed E-state index contributed by atoms with van der Waals surface area (Å²) in [6.07, 6.45) is 0.647. The Hall–Kier alpha value is -3.87. The van der Waals surface area contributed by atoms with Crippen molar-refractivity contribution in [1.29, 1.82) is 0 Å². The maximum Gasteiger partial charge on any atom is 0.317 e. The first-order valence-corrected chi connectivity index (χ1v) is 11.7. The smallest absolute Gasteiger partial charge is 0.317 e. The monoisotopic (exact) mass is 492 g/mol. The molecule has 7 heteroatoms. The molecule has 0 spiro atoms. The van der Waals surface area contributed by atoms with Crippen LogP contribution >= 0.6 is 0 Å². The Balaban J connectivity index is 2.16. The van der Waals surface area contributed by atoms with Gasteiger partial charge in [0.2, 0.25) is 0 Å². The third-order valence-electron chi connectivity index (χ3n) is 6.86. The van der Waals surface area contributed by atoms with Gasteiger partial charge in [-0.2, -0.15) is 0 Å². The van der Waals surface area contributed by atoms with Crippen LogP contribution < -0.4 is 28.4 Å². The Morgan fingerprint density at radius 1 is 0.556 bits per heavy atom. The fraction of sp³-hybridized carbons (Fsp3) is 0.345. The Morgan fingerprint density at radius 2 is 0.806 bits per heavy atom. The van der Waals surface area contributed by atoms with E-state index in [0.717, 1.165) is 32.3 Å². The van der Waals surface area contributed by atoms with Crippen LogP contribution in [0.4, 0.5) is 0 Å². The average molecular weight is 493 g/mol. The Morgan fingerprint density at radius 3 is 1.06 bits per heavy atom. The highest BCUT2D eigenvalue weighted by Crippen LogP contribution is 2.47. The van der Waals surface area contributed by atoms with Gasteiger partial charge in [-0.1, -0.05) is 6.92 Å². The van der Waals surface area contributed by atoms with Gasteiger partial charge in [-0.25, -0.2) is 0 Å². The molecule has 0 aliphatic carbocycles. The molecule has 0 fully saturated rings. The van der Waals surface area contributed by atoms with Gasteiger partial charge in [0.25, 0.3) is 0 Å². The molecule has 0 atom stereocenters. The van der Waals surface area contributed by atoms with Crippen molar-refractivity contribution < 1.29 is 33.2 Å². The van der Waals surface area contributed by atoms with Gasteiger partial charge in [0, 0.05) is 0 Å². The lowest BCUT2D eigenvalue weighted by Gasteiger charge is -2.22. The molecule has 0 N–H and O–H groups in total. The van der Waals surface area contributed by atoms with Gasteiger partial charge in [0.05, 0.1) is 41.0 Å². The van der Waals surface area contributed by atoms with Crippen molar-refractivity contribution in [2.24, 2.45) is 5.41 Å². The summed E-state index contributed by atoms with van der Waals surface area (Å²) in [4.78, 5) is 12.9.